The van der Waals surface area contributed by atoms with Gasteiger partial charge in [-0.25, -0.2) is 0 Å². The maximum atomic E-state index is 5.47. The van der Waals surface area contributed by atoms with Crippen molar-refractivity contribution in [1.82, 2.24) is 10.3 Å². The lowest BCUT2D eigenvalue weighted by atomic mass is 9.79. The molecule has 0 spiro atoms. The Morgan fingerprint density at radius 1 is 1.42 bits per heavy atom. The van der Waals surface area contributed by atoms with Crippen LogP contribution in [-0.4, -0.2) is 12.0 Å². The van der Waals surface area contributed by atoms with E-state index >= 15 is 0 Å². The predicted molar refractivity (Wildman–Crippen MR) is 75.2 cm³/mol. The zero-order chi connectivity index (χ0) is 13.2. The number of aryl methyl sites for hydroxylation is 2. The number of nitrogens with zero attached hydrogens (tertiary/aromatic N) is 1. The predicted octanol–water partition coefficient (Wildman–Crippen LogP) is 3.36. The van der Waals surface area contributed by atoms with Gasteiger partial charge >= 0.3 is 0 Å². The molecule has 0 aromatic carbocycles. The average Bonchev–Trinajstić information content (AvgIpc) is 2.86. The number of furan rings is 1. The largest absolute Gasteiger partial charge is 0.469 e. The van der Waals surface area contributed by atoms with E-state index in [1.165, 1.54) is 29.7 Å². The van der Waals surface area contributed by atoms with Crippen LogP contribution in [0, 0.1) is 6.92 Å². The van der Waals surface area contributed by atoms with Crippen LogP contribution >= 0.6 is 0 Å². The number of aromatic nitrogens is 1. The van der Waals surface area contributed by atoms with Gasteiger partial charge < -0.3 is 9.73 Å². The van der Waals surface area contributed by atoms with E-state index in [1.54, 1.807) is 6.26 Å². The minimum Gasteiger partial charge on any atom is -0.469 e. The maximum Gasteiger partial charge on any atom is 0.105 e. The Bertz CT molecular complexity index is 561. The molecule has 3 rings (SSSR count). The molecule has 2 aromatic heterocycles. The fourth-order valence-corrected chi connectivity index (χ4v) is 3.26. The van der Waals surface area contributed by atoms with E-state index in [0.717, 1.165) is 12.2 Å². The van der Waals surface area contributed by atoms with Gasteiger partial charge in [0, 0.05) is 29.4 Å². The molecule has 2 heterocycles. The molecular weight excluding hydrogens is 236 g/mol. The number of nitrogens with one attached hydrogen (secondary N) is 1. The summed E-state index contributed by atoms with van der Waals surface area (Å²) in [5, 5.41) is 3.46. The van der Waals surface area contributed by atoms with Gasteiger partial charge in [0.1, 0.15) is 5.76 Å². The Morgan fingerprint density at radius 3 is 3.05 bits per heavy atom. The van der Waals surface area contributed by atoms with Crippen LogP contribution in [0.1, 0.15) is 47.4 Å². The first kappa shape index (κ1) is 12.4. The smallest absolute Gasteiger partial charge is 0.105 e. The highest BCUT2D eigenvalue weighted by atomic mass is 16.3. The fraction of sp³-hybridized carbons (Fsp3) is 0.438. The van der Waals surface area contributed by atoms with Gasteiger partial charge in [0.15, 0.2) is 0 Å². The highest BCUT2D eigenvalue weighted by Crippen LogP contribution is 2.39. The molecule has 0 fully saturated rings. The van der Waals surface area contributed by atoms with Gasteiger partial charge in [-0.05, 0) is 50.9 Å². The number of likely N-dealkylation sites (N-methyl/N-ethyl adjacent to an activating group) is 1. The van der Waals surface area contributed by atoms with E-state index in [-0.39, 0.29) is 6.04 Å². The molecule has 0 saturated carbocycles. The summed E-state index contributed by atoms with van der Waals surface area (Å²) in [6, 6.07) is 6.61. The van der Waals surface area contributed by atoms with Crippen LogP contribution in [0.5, 0.6) is 0 Å². The van der Waals surface area contributed by atoms with Crippen molar-refractivity contribution in [1.29, 1.82) is 0 Å². The van der Waals surface area contributed by atoms with Crippen molar-refractivity contribution < 1.29 is 4.42 Å². The summed E-state index contributed by atoms with van der Waals surface area (Å²) in [6.45, 7) is 2.03. The number of pyridine rings is 1. The average molecular weight is 256 g/mol. The Kier molecular flexibility index (Phi) is 3.38. The van der Waals surface area contributed by atoms with Gasteiger partial charge in [0.25, 0.3) is 0 Å². The van der Waals surface area contributed by atoms with Crippen molar-refractivity contribution in [2.24, 2.45) is 0 Å². The monoisotopic (exact) mass is 256 g/mol. The van der Waals surface area contributed by atoms with Gasteiger partial charge in [-0.15, -0.1) is 0 Å². The summed E-state index contributed by atoms with van der Waals surface area (Å²) in [7, 11) is 2.02. The van der Waals surface area contributed by atoms with E-state index in [2.05, 4.69) is 22.4 Å². The standard InChI is InChI=1S/C16H20N2O/c1-11-13(8-10-19-11)16(17-2)14-7-3-5-12-6-4-9-18-15(12)14/h4,6,8-10,14,16-17H,3,5,7H2,1-2H3. The lowest BCUT2D eigenvalue weighted by Gasteiger charge is -2.31. The van der Waals surface area contributed by atoms with Crippen LogP contribution in [-0.2, 0) is 6.42 Å². The lowest BCUT2D eigenvalue weighted by Crippen LogP contribution is -2.27. The molecule has 1 aliphatic carbocycles. The molecular formula is C16H20N2O. The van der Waals surface area contributed by atoms with E-state index in [4.69, 9.17) is 4.42 Å². The highest BCUT2D eigenvalue weighted by molar-refractivity contribution is 5.32. The molecule has 0 bridgehead atoms. The molecule has 1 aliphatic rings. The maximum absolute atomic E-state index is 5.47. The first-order valence-electron chi connectivity index (χ1n) is 6.96. The molecule has 0 radical (unpaired) electrons. The topological polar surface area (TPSA) is 38.1 Å². The van der Waals surface area contributed by atoms with E-state index in [1.807, 2.05) is 26.2 Å². The van der Waals surface area contributed by atoms with E-state index < -0.39 is 0 Å². The van der Waals surface area contributed by atoms with Crippen molar-refractivity contribution in [2.45, 2.75) is 38.1 Å². The Hall–Kier alpha value is -1.61. The van der Waals surface area contributed by atoms with E-state index in [0.29, 0.717) is 5.92 Å². The third kappa shape index (κ3) is 2.19. The first-order valence-corrected chi connectivity index (χ1v) is 6.96. The normalized spacial score (nSPS) is 20.0. The first-order chi connectivity index (χ1) is 9.31. The summed E-state index contributed by atoms with van der Waals surface area (Å²) in [5.41, 5.74) is 3.92. The molecule has 0 saturated heterocycles. The van der Waals surface area contributed by atoms with Gasteiger partial charge in [-0.2, -0.15) is 0 Å². The van der Waals surface area contributed by atoms with Crippen LogP contribution in [0.15, 0.2) is 35.1 Å². The molecule has 1 N–H and O–H groups in total. The van der Waals surface area contributed by atoms with Crippen LogP contribution in [0.2, 0.25) is 0 Å². The third-order valence-corrected chi connectivity index (χ3v) is 4.19. The van der Waals surface area contributed by atoms with Crippen molar-refractivity contribution in [3.8, 4) is 0 Å². The second-order valence-corrected chi connectivity index (χ2v) is 5.24. The zero-order valence-electron chi connectivity index (χ0n) is 11.5. The molecule has 19 heavy (non-hydrogen) atoms. The summed E-state index contributed by atoms with van der Waals surface area (Å²) in [6.07, 6.45) is 7.25. The Labute approximate surface area is 114 Å². The van der Waals surface area contributed by atoms with Crippen molar-refractivity contribution in [3.63, 3.8) is 0 Å². The number of fused-ring (bicyclic) bond motifs is 1. The molecule has 3 heteroatoms. The van der Waals surface area contributed by atoms with Crippen LogP contribution in [0.25, 0.3) is 0 Å². The van der Waals surface area contributed by atoms with Crippen LogP contribution in [0.3, 0.4) is 0 Å². The Balaban J connectivity index is 2.00. The fourth-order valence-electron chi connectivity index (χ4n) is 3.26. The quantitative estimate of drug-likeness (QED) is 0.915. The molecule has 2 unspecified atom stereocenters. The summed E-state index contributed by atoms with van der Waals surface area (Å²) in [5.74, 6) is 1.44. The number of hydrogen-bond donors (Lipinski definition) is 1. The molecule has 0 amide bonds. The number of hydrogen-bond acceptors (Lipinski definition) is 3. The summed E-state index contributed by atoms with van der Waals surface area (Å²) >= 11 is 0. The minimum atomic E-state index is 0.285. The van der Waals surface area contributed by atoms with Gasteiger partial charge in [0.05, 0.1) is 6.26 Å². The lowest BCUT2D eigenvalue weighted by molar-refractivity contribution is 0.408. The summed E-state index contributed by atoms with van der Waals surface area (Å²) in [4.78, 5) is 4.64. The highest BCUT2D eigenvalue weighted by Gasteiger charge is 2.30. The van der Waals surface area contributed by atoms with Crippen LogP contribution < -0.4 is 5.32 Å². The molecule has 3 nitrogen and oxygen atoms in total. The Morgan fingerprint density at radius 2 is 2.32 bits per heavy atom. The van der Waals surface area contributed by atoms with E-state index in [9.17, 15) is 0 Å². The zero-order valence-corrected chi connectivity index (χ0v) is 11.5. The molecule has 0 aliphatic heterocycles. The van der Waals surface area contributed by atoms with Gasteiger partial charge in [0.2, 0.25) is 0 Å². The van der Waals surface area contributed by atoms with Crippen molar-refractivity contribution in [2.75, 3.05) is 7.05 Å². The van der Waals surface area contributed by atoms with Crippen molar-refractivity contribution >= 4 is 0 Å². The minimum absolute atomic E-state index is 0.285. The second-order valence-electron chi connectivity index (χ2n) is 5.24. The SMILES string of the molecule is CNC(c1ccoc1C)C1CCCc2cccnc21. The summed E-state index contributed by atoms with van der Waals surface area (Å²) < 4.78 is 5.47. The third-order valence-electron chi connectivity index (χ3n) is 4.19. The van der Waals surface area contributed by atoms with Gasteiger partial charge in [-0.1, -0.05) is 6.07 Å². The molecule has 100 valence electrons. The second kappa shape index (κ2) is 5.17. The van der Waals surface area contributed by atoms with Crippen molar-refractivity contribution in [3.05, 3.63) is 53.2 Å². The molecule has 2 aromatic rings. The number of rotatable bonds is 3. The molecule has 2 atom stereocenters. The van der Waals surface area contributed by atoms with Gasteiger partial charge in [-0.3, -0.25) is 4.98 Å². The van der Waals surface area contributed by atoms with Crippen LogP contribution in [0.4, 0.5) is 0 Å².